The summed E-state index contributed by atoms with van der Waals surface area (Å²) in [5.41, 5.74) is 0.872. The number of ether oxygens (including phenoxy) is 2. The minimum atomic E-state index is -3.14. The van der Waals surface area contributed by atoms with Gasteiger partial charge in [0.15, 0.2) is 27.4 Å². The minimum absolute atomic E-state index is 0.0340. The Morgan fingerprint density at radius 3 is 2.41 bits per heavy atom. The molecule has 0 spiro atoms. The van der Waals surface area contributed by atoms with Gasteiger partial charge in [0.25, 0.3) is 5.91 Å². The lowest BCUT2D eigenvalue weighted by molar-refractivity contribution is -0.140. The van der Waals surface area contributed by atoms with Gasteiger partial charge in [0.05, 0.1) is 18.6 Å². The van der Waals surface area contributed by atoms with E-state index >= 15 is 0 Å². The zero-order valence-electron chi connectivity index (χ0n) is 16.4. The molecule has 1 heterocycles. The van der Waals surface area contributed by atoms with Gasteiger partial charge in [-0.2, -0.15) is 0 Å². The second-order valence-electron chi connectivity index (χ2n) is 7.06. The molecule has 156 valence electrons. The number of carbonyl (C=O) groups excluding carboxylic acids is 1. The molecule has 2 aromatic carbocycles. The summed E-state index contributed by atoms with van der Waals surface area (Å²) in [5, 5.41) is 0.600. The number of nitrogens with zero attached hydrogens (tertiary/aromatic N) is 1. The Kier molecular flexibility index (Phi) is 6.70. The predicted octanol–water partition coefficient (Wildman–Crippen LogP) is 3.33. The Bertz CT molecular complexity index is 961. The van der Waals surface area contributed by atoms with Crippen LogP contribution in [0.5, 0.6) is 11.5 Å². The Balaban J connectivity index is 1.82. The van der Waals surface area contributed by atoms with Gasteiger partial charge in [0.2, 0.25) is 0 Å². The lowest BCUT2D eigenvalue weighted by Crippen LogP contribution is -2.46. The molecular formula is C21H24ClNO5S. The van der Waals surface area contributed by atoms with Crippen molar-refractivity contribution < 1.29 is 22.7 Å². The summed E-state index contributed by atoms with van der Waals surface area (Å²) >= 11 is 5.95. The van der Waals surface area contributed by atoms with E-state index in [2.05, 4.69) is 0 Å². The van der Waals surface area contributed by atoms with Gasteiger partial charge in [-0.3, -0.25) is 4.79 Å². The normalized spacial score (nSPS) is 18.8. The van der Waals surface area contributed by atoms with Gasteiger partial charge in [0.1, 0.15) is 0 Å². The van der Waals surface area contributed by atoms with Gasteiger partial charge in [-0.1, -0.05) is 35.9 Å². The molecule has 2 atom stereocenters. The first-order valence-electron chi connectivity index (χ1n) is 9.34. The average molecular weight is 438 g/mol. The van der Waals surface area contributed by atoms with Crippen LogP contribution in [0.2, 0.25) is 5.02 Å². The fourth-order valence-electron chi connectivity index (χ4n) is 3.39. The number of para-hydroxylation sites is 2. The number of amides is 1. The quantitative estimate of drug-likeness (QED) is 0.664. The van der Waals surface area contributed by atoms with Crippen LogP contribution in [0.3, 0.4) is 0 Å². The number of halogens is 1. The molecule has 6 nitrogen and oxygen atoms in total. The summed E-state index contributed by atoms with van der Waals surface area (Å²) < 4.78 is 35.2. The van der Waals surface area contributed by atoms with Crippen LogP contribution in [-0.4, -0.2) is 50.0 Å². The molecule has 1 saturated heterocycles. The van der Waals surface area contributed by atoms with E-state index in [1.165, 1.54) is 7.11 Å². The van der Waals surface area contributed by atoms with Gasteiger partial charge in [-0.05, 0) is 43.2 Å². The summed E-state index contributed by atoms with van der Waals surface area (Å²) in [4.78, 5) is 14.9. The van der Waals surface area contributed by atoms with Crippen molar-refractivity contribution in [3.8, 4) is 11.5 Å². The summed E-state index contributed by atoms with van der Waals surface area (Å²) in [6.45, 7) is 1.95. The monoisotopic (exact) mass is 437 g/mol. The van der Waals surface area contributed by atoms with Gasteiger partial charge >= 0.3 is 0 Å². The predicted molar refractivity (Wildman–Crippen MR) is 112 cm³/mol. The molecule has 0 saturated carbocycles. The van der Waals surface area contributed by atoms with Crippen molar-refractivity contribution in [2.75, 3.05) is 18.6 Å². The molecule has 0 unspecified atom stereocenters. The van der Waals surface area contributed by atoms with Gasteiger partial charge in [-0.25, -0.2) is 8.42 Å². The van der Waals surface area contributed by atoms with E-state index in [0.29, 0.717) is 22.9 Å². The molecule has 0 bridgehead atoms. The molecule has 1 fully saturated rings. The molecule has 29 heavy (non-hydrogen) atoms. The zero-order valence-corrected chi connectivity index (χ0v) is 17.9. The lowest BCUT2D eigenvalue weighted by atomic mass is 10.1. The molecule has 0 N–H and O–H groups in total. The van der Waals surface area contributed by atoms with Crippen LogP contribution in [0, 0.1) is 0 Å². The maximum Gasteiger partial charge on any atom is 0.263 e. The van der Waals surface area contributed by atoms with Crippen LogP contribution in [0.1, 0.15) is 18.9 Å². The Labute approximate surface area is 176 Å². The first-order chi connectivity index (χ1) is 13.8. The van der Waals surface area contributed by atoms with Crippen molar-refractivity contribution in [1.29, 1.82) is 0 Å². The van der Waals surface area contributed by atoms with Crippen LogP contribution >= 0.6 is 11.6 Å². The fourth-order valence-corrected chi connectivity index (χ4v) is 5.24. The third kappa shape index (κ3) is 5.42. The Morgan fingerprint density at radius 2 is 1.83 bits per heavy atom. The van der Waals surface area contributed by atoms with Crippen LogP contribution in [0.25, 0.3) is 0 Å². The molecule has 3 rings (SSSR count). The molecular weight excluding hydrogens is 414 g/mol. The van der Waals surface area contributed by atoms with Crippen molar-refractivity contribution in [2.45, 2.75) is 32.0 Å². The van der Waals surface area contributed by atoms with E-state index in [9.17, 15) is 13.2 Å². The molecule has 0 aliphatic carbocycles. The average Bonchev–Trinajstić information content (AvgIpc) is 3.06. The summed E-state index contributed by atoms with van der Waals surface area (Å²) in [6, 6.07) is 13.9. The SMILES string of the molecule is COc1ccccc1O[C@H](C)C(=O)N(Cc1ccc(Cl)cc1)[C@@H]1CCS(=O)(=O)C1. The smallest absolute Gasteiger partial charge is 0.263 e. The molecule has 0 radical (unpaired) electrons. The zero-order chi connectivity index (χ0) is 21.0. The summed E-state index contributed by atoms with van der Waals surface area (Å²) in [7, 11) is -1.61. The maximum absolute atomic E-state index is 13.3. The second-order valence-corrected chi connectivity index (χ2v) is 9.73. The molecule has 0 aromatic heterocycles. The molecule has 1 amide bonds. The van der Waals surface area contributed by atoms with E-state index in [1.807, 2.05) is 18.2 Å². The van der Waals surface area contributed by atoms with E-state index in [4.69, 9.17) is 21.1 Å². The highest BCUT2D eigenvalue weighted by molar-refractivity contribution is 7.91. The Morgan fingerprint density at radius 1 is 1.17 bits per heavy atom. The first kappa shape index (κ1) is 21.5. The summed E-state index contributed by atoms with van der Waals surface area (Å²) in [5.74, 6) is 0.770. The highest BCUT2D eigenvalue weighted by atomic mass is 35.5. The van der Waals surface area contributed by atoms with E-state index in [-0.39, 0.29) is 30.0 Å². The number of hydrogen-bond donors (Lipinski definition) is 0. The second kappa shape index (κ2) is 9.05. The van der Waals surface area contributed by atoms with Crippen LogP contribution < -0.4 is 9.47 Å². The van der Waals surface area contributed by atoms with Gasteiger partial charge in [0, 0.05) is 17.6 Å². The van der Waals surface area contributed by atoms with E-state index < -0.39 is 15.9 Å². The van der Waals surface area contributed by atoms with Gasteiger partial charge < -0.3 is 14.4 Å². The topological polar surface area (TPSA) is 72.9 Å². The largest absolute Gasteiger partial charge is 0.493 e. The first-order valence-corrected chi connectivity index (χ1v) is 11.5. The highest BCUT2D eigenvalue weighted by Gasteiger charge is 2.36. The van der Waals surface area contributed by atoms with Crippen molar-refractivity contribution in [3.63, 3.8) is 0 Å². The van der Waals surface area contributed by atoms with E-state index in [0.717, 1.165) is 5.56 Å². The van der Waals surface area contributed by atoms with Crippen molar-refractivity contribution in [1.82, 2.24) is 4.90 Å². The third-order valence-electron chi connectivity index (χ3n) is 4.92. The number of benzene rings is 2. The van der Waals surface area contributed by atoms with Gasteiger partial charge in [-0.15, -0.1) is 0 Å². The standard InChI is InChI=1S/C21H24ClNO5S/c1-15(28-20-6-4-3-5-19(20)27-2)21(24)23(18-11-12-29(25,26)14-18)13-16-7-9-17(22)10-8-16/h3-10,15,18H,11-14H2,1-2H3/t15-,18-/m1/s1. The van der Waals surface area contributed by atoms with Crippen molar-refractivity contribution >= 4 is 27.3 Å². The maximum atomic E-state index is 13.3. The molecule has 8 heteroatoms. The fraction of sp³-hybridized carbons (Fsp3) is 0.381. The number of hydrogen-bond acceptors (Lipinski definition) is 5. The minimum Gasteiger partial charge on any atom is -0.493 e. The summed E-state index contributed by atoms with van der Waals surface area (Å²) in [6.07, 6.45) is -0.384. The van der Waals surface area contributed by atoms with Crippen LogP contribution in [0.15, 0.2) is 48.5 Å². The van der Waals surface area contributed by atoms with Crippen LogP contribution in [0.4, 0.5) is 0 Å². The lowest BCUT2D eigenvalue weighted by Gasteiger charge is -2.31. The number of methoxy groups -OCH3 is 1. The number of rotatable bonds is 7. The Hall–Kier alpha value is -2.25. The molecule has 1 aliphatic rings. The van der Waals surface area contributed by atoms with E-state index in [1.54, 1.807) is 42.2 Å². The number of sulfone groups is 1. The van der Waals surface area contributed by atoms with Crippen molar-refractivity contribution in [2.24, 2.45) is 0 Å². The molecule has 2 aromatic rings. The number of carbonyl (C=O) groups is 1. The molecule has 1 aliphatic heterocycles. The highest BCUT2D eigenvalue weighted by Crippen LogP contribution is 2.28. The van der Waals surface area contributed by atoms with Crippen LogP contribution in [-0.2, 0) is 21.2 Å². The van der Waals surface area contributed by atoms with Crippen molar-refractivity contribution in [3.05, 3.63) is 59.1 Å². The third-order valence-corrected chi connectivity index (χ3v) is 6.92.